The molecule has 2 N–H and O–H groups in total. The zero-order valence-electron chi connectivity index (χ0n) is 11.2. The summed E-state index contributed by atoms with van der Waals surface area (Å²) in [5, 5.41) is 0. The Bertz CT molecular complexity index is 561. The first-order valence-electron chi connectivity index (χ1n) is 6.27. The lowest BCUT2D eigenvalue weighted by Crippen LogP contribution is -2.02. The van der Waals surface area contributed by atoms with Gasteiger partial charge in [0.1, 0.15) is 18.2 Å². The van der Waals surface area contributed by atoms with Crippen LogP contribution in [0.15, 0.2) is 36.4 Å². The lowest BCUT2D eigenvalue weighted by Gasteiger charge is -2.12. The van der Waals surface area contributed by atoms with E-state index in [1.807, 2.05) is 32.0 Å². The van der Waals surface area contributed by atoms with E-state index in [1.165, 1.54) is 23.3 Å². The van der Waals surface area contributed by atoms with Crippen molar-refractivity contribution >= 4 is 0 Å². The van der Waals surface area contributed by atoms with Gasteiger partial charge in [0.2, 0.25) is 0 Å². The largest absolute Gasteiger partial charge is 0.489 e. The van der Waals surface area contributed by atoms with E-state index < -0.39 is 0 Å². The molecule has 0 aromatic heterocycles. The lowest BCUT2D eigenvalue weighted by molar-refractivity contribution is 0.302. The number of benzene rings is 2. The summed E-state index contributed by atoms with van der Waals surface area (Å²) in [4.78, 5) is 0. The van der Waals surface area contributed by atoms with E-state index in [2.05, 4.69) is 0 Å². The third-order valence-electron chi connectivity index (χ3n) is 3.19. The van der Waals surface area contributed by atoms with E-state index in [1.54, 1.807) is 6.07 Å². The molecule has 0 spiro atoms. The van der Waals surface area contributed by atoms with Crippen molar-refractivity contribution in [2.75, 3.05) is 0 Å². The highest BCUT2D eigenvalue weighted by molar-refractivity contribution is 5.34. The molecule has 0 radical (unpaired) electrons. The van der Waals surface area contributed by atoms with E-state index in [0.29, 0.717) is 18.9 Å². The molecule has 2 aromatic rings. The standard InChI is InChI=1S/C16H18FNO/c1-11-4-3-5-12(2)16(11)10-19-15-7-13(9-18)6-14(17)8-15/h3-8H,9-10,18H2,1-2H3. The van der Waals surface area contributed by atoms with Crippen LogP contribution in [0, 0.1) is 19.7 Å². The highest BCUT2D eigenvalue weighted by atomic mass is 19.1. The molecular formula is C16H18FNO. The number of hydrogen-bond acceptors (Lipinski definition) is 2. The van der Waals surface area contributed by atoms with Crippen molar-refractivity contribution in [2.24, 2.45) is 5.73 Å². The number of rotatable bonds is 4. The molecule has 3 heteroatoms. The fraction of sp³-hybridized carbons (Fsp3) is 0.250. The Morgan fingerprint density at radius 2 is 1.79 bits per heavy atom. The first-order chi connectivity index (χ1) is 9.10. The number of hydrogen-bond donors (Lipinski definition) is 1. The van der Waals surface area contributed by atoms with Crippen LogP contribution >= 0.6 is 0 Å². The smallest absolute Gasteiger partial charge is 0.127 e. The zero-order chi connectivity index (χ0) is 13.8. The maximum Gasteiger partial charge on any atom is 0.127 e. The molecule has 2 aromatic carbocycles. The topological polar surface area (TPSA) is 35.2 Å². The number of nitrogens with two attached hydrogens (primary N) is 1. The van der Waals surface area contributed by atoms with Gasteiger partial charge in [-0.25, -0.2) is 4.39 Å². The third-order valence-corrected chi connectivity index (χ3v) is 3.19. The van der Waals surface area contributed by atoms with Gasteiger partial charge in [-0.05, 0) is 48.2 Å². The molecule has 19 heavy (non-hydrogen) atoms. The summed E-state index contributed by atoms with van der Waals surface area (Å²) in [5.74, 6) is 0.197. The van der Waals surface area contributed by atoms with Gasteiger partial charge in [0, 0.05) is 12.6 Å². The summed E-state index contributed by atoms with van der Waals surface area (Å²) in [6.45, 7) is 4.83. The SMILES string of the molecule is Cc1cccc(C)c1COc1cc(F)cc(CN)c1. The number of halogens is 1. The third kappa shape index (κ3) is 3.32. The van der Waals surface area contributed by atoms with E-state index in [0.717, 1.165) is 11.1 Å². The number of ether oxygens (including phenoxy) is 1. The molecule has 0 unspecified atom stereocenters. The first-order valence-corrected chi connectivity index (χ1v) is 6.27. The molecule has 0 atom stereocenters. The van der Waals surface area contributed by atoms with Crippen LogP contribution in [0.2, 0.25) is 0 Å². The Hall–Kier alpha value is -1.87. The van der Waals surface area contributed by atoms with Crippen LogP contribution in [0.1, 0.15) is 22.3 Å². The molecule has 0 heterocycles. The molecule has 0 aliphatic heterocycles. The van der Waals surface area contributed by atoms with Gasteiger partial charge in [0.15, 0.2) is 0 Å². The van der Waals surface area contributed by atoms with Crippen molar-refractivity contribution in [1.29, 1.82) is 0 Å². The Morgan fingerprint density at radius 1 is 1.11 bits per heavy atom. The van der Waals surface area contributed by atoms with E-state index in [-0.39, 0.29) is 5.82 Å². The second kappa shape index (κ2) is 5.85. The first kappa shape index (κ1) is 13.6. The fourth-order valence-electron chi connectivity index (χ4n) is 2.05. The molecule has 2 rings (SSSR count). The second-order valence-corrected chi connectivity index (χ2v) is 4.66. The minimum absolute atomic E-state index is 0.303. The van der Waals surface area contributed by atoms with Gasteiger partial charge in [-0.3, -0.25) is 0 Å². The molecule has 2 nitrogen and oxygen atoms in total. The maximum atomic E-state index is 13.4. The zero-order valence-corrected chi connectivity index (χ0v) is 11.2. The van der Waals surface area contributed by atoms with Crippen LogP contribution < -0.4 is 10.5 Å². The van der Waals surface area contributed by atoms with Crippen molar-refractivity contribution in [3.63, 3.8) is 0 Å². The summed E-state index contributed by atoms with van der Waals surface area (Å²) in [7, 11) is 0. The molecular weight excluding hydrogens is 241 g/mol. The molecule has 0 fully saturated rings. The van der Waals surface area contributed by atoms with E-state index >= 15 is 0 Å². The van der Waals surface area contributed by atoms with Crippen LogP contribution in [0.4, 0.5) is 4.39 Å². The van der Waals surface area contributed by atoms with Crippen LogP contribution in [0.5, 0.6) is 5.75 Å². The predicted molar refractivity (Wildman–Crippen MR) is 74.5 cm³/mol. The molecule has 100 valence electrons. The summed E-state index contributed by atoms with van der Waals surface area (Å²) >= 11 is 0. The summed E-state index contributed by atoms with van der Waals surface area (Å²) < 4.78 is 19.0. The summed E-state index contributed by atoms with van der Waals surface area (Å²) in [6.07, 6.45) is 0. The van der Waals surface area contributed by atoms with Gasteiger partial charge in [-0.2, -0.15) is 0 Å². The van der Waals surface area contributed by atoms with Crippen molar-refractivity contribution < 1.29 is 9.13 Å². The molecule has 0 aliphatic rings. The highest BCUT2D eigenvalue weighted by Crippen LogP contribution is 2.20. The fourth-order valence-corrected chi connectivity index (χ4v) is 2.05. The average Bonchev–Trinajstić information content (AvgIpc) is 2.37. The van der Waals surface area contributed by atoms with Gasteiger partial charge >= 0.3 is 0 Å². The van der Waals surface area contributed by atoms with Crippen LogP contribution in [-0.4, -0.2) is 0 Å². The van der Waals surface area contributed by atoms with Gasteiger partial charge in [-0.1, -0.05) is 18.2 Å². The molecule has 0 aliphatic carbocycles. The second-order valence-electron chi connectivity index (χ2n) is 4.66. The molecule has 0 amide bonds. The number of aryl methyl sites for hydroxylation is 2. The Balaban J connectivity index is 2.16. The normalized spacial score (nSPS) is 10.5. The minimum atomic E-state index is -0.320. The van der Waals surface area contributed by atoms with Crippen molar-refractivity contribution in [3.8, 4) is 5.75 Å². The maximum absolute atomic E-state index is 13.4. The average molecular weight is 259 g/mol. The Kier molecular flexibility index (Phi) is 4.17. The van der Waals surface area contributed by atoms with E-state index in [4.69, 9.17) is 10.5 Å². The van der Waals surface area contributed by atoms with Crippen molar-refractivity contribution in [1.82, 2.24) is 0 Å². The van der Waals surface area contributed by atoms with Crippen molar-refractivity contribution in [3.05, 3.63) is 64.5 Å². The van der Waals surface area contributed by atoms with Gasteiger partial charge in [0.25, 0.3) is 0 Å². The van der Waals surface area contributed by atoms with Gasteiger partial charge in [0.05, 0.1) is 0 Å². The molecule has 0 bridgehead atoms. The lowest BCUT2D eigenvalue weighted by atomic mass is 10.0. The van der Waals surface area contributed by atoms with Crippen LogP contribution in [0.25, 0.3) is 0 Å². The predicted octanol–water partition coefficient (Wildman–Crippen LogP) is 3.48. The Labute approximate surface area is 113 Å². The minimum Gasteiger partial charge on any atom is -0.489 e. The quantitative estimate of drug-likeness (QED) is 0.912. The van der Waals surface area contributed by atoms with Crippen molar-refractivity contribution in [2.45, 2.75) is 27.0 Å². The van der Waals surface area contributed by atoms with Crippen LogP contribution in [-0.2, 0) is 13.2 Å². The summed E-state index contributed by atoms with van der Waals surface area (Å²) in [6, 6.07) is 10.7. The van der Waals surface area contributed by atoms with Gasteiger partial charge < -0.3 is 10.5 Å². The van der Waals surface area contributed by atoms with E-state index in [9.17, 15) is 4.39 Å². The van der Waals surface area contributed by atoms with Crippen LogP contribution in [0.3, 0.4) is 0 Å². The molecule has 0 saturated heterocycles. The highest BCUT2D eigenvalue weighted by Gasteiger charge is 2.05. The summed E-state index contributed by atoms with van der Waals surface area (Å²) in [5.41, 5.74) is 9.75. The van der Waals surface area contributed by atoms with Gasteiger partial charge in [-0.15, -0.1) is 0 Å². The monoisotopic (exact) mass is 259 g/mol. The Morgan fingerprint density at radius 3 is 2.42 bits per heavy atom. The molecule has 0 saturated carbocycles.